The van der Waals surface area contributed by atoms with Crippen LogP contribution in [0.4, 0.5) is 4.79 Å². The third kappa shape index (κ3) is 4.23. The number of carbonyl (C=O) groups excluding carboxylic acids is 1. The van der Waals surface area contributed by atoms with Crippen LogP contribution in [-0.4, -0.2) is 41.2 Å². The van der Waals surface area contributed by atoms with Crippen molar-refractivity contribution in [1.29, 1.82) is 0 Å². The van der Waals surface area contributed by atoms with E-state index in [1.165, 1.54) is 0 Å². The van der Waals surface area contributed by atoms with Crippen LogP contribution in [0.25, 0.3) is 10.9 Å². The van der Waals surface area contributed by atoms with Crippen molar-refractivity contribution in [3.63, 3.8) is 0 Å². The monoisotopic (exact) mass is 327 g/mol. The van der Waals surface area contributed by atoms with Crippen molar-refractivity contribution in [3.8, 4) is 0 Å². The molecule has 0 spiro atoms. The minimum atomic E-state index is -0.428. The molecular weight excluding hydrogens is 302 g/mol. The molecule has 1 amide bonds. The van der Waals surface area contributed by atoms with Crippen LogP contribution in [0, 0.1) is 5.92 Å². The van der Waals surface area contributed by atoms with E-state index in [1.54, 1.807) is 4.90 Å². The minimum absolute atomic E-state index is 0.213. The van der Waals surface area contributed by atoms with Gasteiger partial charge in [0.2, 0.25) is 0 Å². The molecule has 1 N–H and O–H groups in total. The van der Waals surface area contributed by atoms with Gasteiger partial charge in [0.1, 0.15) is 5.60 Å². The van der Waals surface area contributed by atoms with Gasteiger partial charge < -0.3 is 15.0 Å². The second kappa shape index (κ2) is 6.77. The van der Waals surface area contributed by atoms with Gasteiger partial charge in [0, 0.05) is 37.5 Å². The molecule has 1 aliphatic rings. The molecular formula is C19H25N3O2. The SMILES string of the molecule is CC(C)(C)OC(=O)N1CC(CNCc2ccc3ccccc3n2)C1. The summed E-state index contributed by atoms with van der Waals surface area (Å²) >= 11 is 0. The molecule has 1 saturated heterocycles. The van der Waals surface area contributed by atoms with Gasteiger partial charge in [-0.3, -0.25) is 4.98 Å². The lowest BCUT2D eigenvalue weighted by Gasteiger charge is -2.39. The number of carbonyl (C=O) groups is 1. The van der Waals surface area contributed by atoms with Crippen LogP contribution in [0.5, 0.6) is 0 Å². The lowest BCUT2D eigenvalue weighted by molar-refractivity contribution is -0.000809. The molecule has 2 heterocycles. The van der Waals surface area contributed by atoms with Crippen LogP contribution in [0.2, 0.25) is 0 Å². The number of hydrogen-bond acceptors (Lipinski definition) is 4. The number of para-hydroxylation sites is 1. The summed E-state index contributed by atoms with van der Waals surface area (Å²) in [6.45, 7) is 8.81. The largest absolute Gasteiger partial charge is 0.444 e. The Hall–Kier alpha value is -2.14. The number of nitrogens with one attached hydrogen (secondary N) is 1. The summed E-state index contributed by atoms with van der Waals surface area (Å²) in [5.41, 5.74) is 1.64. The zero-order valence-electron chi connectivity index (χ0n) is 14.6. The van der Waals surface area contributed by atoms with Crippen LogP contribution in [0.3, 0.4) is 0 Å². The predicted octanol–water partition coefficient (Wildman–Crippen LogP) is 3.19. The summed E-state index contributed by atoms with van der Waals surface area (Å²) in [5, 5.41) is 4.60. The van der Waals surface area contributed by atoms with Crippen LogP contribution >= 0.6 is 0 Å². The number of likely N-dealkylation sites (tertiary alicyclic amines) is 1. The Labute approximate surface area is 143 Å². The van der Waals surface area contributed by atoms with E-state index >= 15 is 0 Å². The molecule has 1 aliphatic heterocycles. The molecule has 2 aromatic rings. The number of benzene rings is 1. The van der Waals surface area contributed by atoms with Crippen molar-refractivity contribution >= 4 is 17.0 Å². The first kappa shape index (κ1) is 16.7. The van der Waals surface area contributed by atoms with Crippen molar-refractivity contribution in [2.75, 3.05) is 19.6 Å². The number of aromatic nitrogens is 1. The summed E-state index contributed by atoms with van der Waals surface area (Å²) in [6.07, 6.45) is -0.213. The summed E-state index contributed by atoms with van der Waals surface area (Å²) < 4.78 is 5.36. The summed E-state index contributed by atoms with van der Waals surface area (Å²) in [6, 6.07) is 12.3. The first-order chi connectivity index (χ1) is 11.4. The van der Waals surface area contributed by atoms with Crippen molar-refractivity contribution in [1.82, 2.24) is 15.2 Å². The summed E-state index contributed by atoms with van der Waals surface area (Å²) in [4.78, 5) is 18.3. The molecule has 5 heteroatoms. The zero-order valence-corrected chi connectivity index (χ0v) is 14.6. The lowest BCUT2D eigenvalue weighted by Crippen LogP contribution is -2.54. The Morgan fingerprint density at radius 1 is 1.25 bits per heavy atom. The molecule has 0 aliphatic carbocycles. The molecule has 1 fully saturated rings. The van der Waals surface area contributed by atoms with Crippen LogP contribution in [-0.2, 0) is 11.3 Å². The van der Waals surface area contributed by atoms with E-state index in [2.05, 4.69) is 28.5 Å². The van der Waals surface area contributed by atoms with Crippen molar-refractivity contribution in [3.05, 3.63) is 42.1 Å². The number of pyridine rings is 1. The second-order valence-corrected chi connectivity index (χ2v) is 7.38. The van der Waals surface area contributed by atoms with E-state index in [-0.39, 0.29) is 6.09 Å². The van der Waals surface area contributed by atoms with Gasteiger partial charge in [-0.15, -0.1) is 0 Å². The number of ether oxygens (including phenoxy) is 1. The topological polar surface area (TPSA) is 54.5 Å². The van der Waals surface area contributed by atoms with Gasteiger partial charge in [-0.05, 0) is 32.9 Å². The third-order valence-corrected chi connectivity index (χ3v) is 4.00. The number of fused-ring (bicyclic) bond motifs is 1. The molecule has 5 nitrogen and oxygen atoms in total. The number of nitrogens with zero attached hydrogens (tertiary/aromatic N) is 2. The second-order valence-electron chi connectivity index (χ2n) is 7.38. The molecule has 0 radical (unpaired) electrons. The van der Waals surface area contributed by atoms with Gasteiger partial charge >= 0.3 is 6.09 Å². The molecule has 0 bridgehead atoms. The normalized spacial score (nSPS) is 15.4. The van der Waals surface area contributed by atoms with Crippen LogP contribution in [0.15, 0.2) is 36.4 Å². The van der Waals surface area contributed by atoms with E-state index in [1.807, 2.05) is 39.0 Å². The van der Waals surface area contributed by atoms with Gasteiger partial charge in [-0.1, -0.05) is 24.3 Å². The maximum absolute atomic E-state index is 11.9. The first-order valence-corrected chi connectivity index (χ1v) is 8.44. The summed E-state index contributed by atoms with van der Waals surface area (Å²) in [5.74, 6) is 0.484. The Balaban J connectivity index is 1.41. The molecule has 3 rings (SSSR count). The van der Waals surface area contributed by atoms with Crippen LogP contribution in [0.1, 0.15) is 26.5 Å². The van der Waals surface area contributed by atoms with Gasteiger partial charge in [0.25, 0.3) is 0 Å². The Kier molecular flexibility index (Phi) is 4.71. The number of amides is 1. The highest BCUT2D eigenvalue weighted by molar-refractivity contribution is 5.78. The van der Waals surface area contributed by atoms with Crippen LogP contribution < -0.4 is 5.32 Å². The molecule has 1 aromatic carbocycles. The smallest absolute Gasteiger partial charge is 0.410 e. The van der Waals surface area contributed by atoms with Gasteiger partial charge in [-0.2, -0.15) is 0 Å². The third-order valence-electron chi connectivity index (χ3n) is 4.00. The zero-order chi connectivity index (χ0) is 17.2. The minimum Gasteiger partial charge on any atom is -0.444 e. The fourth-order valence-electron chi connectivity index (χ4n) is 2.79. The van der Waals surface area contributed by atoms with Crippen molar-refractivity contribution in [2.45, 2.75) is 32.9 Å². The van der Waals surface area contributed by atoms with Gasteiger partial charge in [0.15, 0.2) is 0 Å². The van der Waals surface area contributed by atoms with E-state index in [4.69, 9.17) is 4.74 Å². The highest BCUT2D eigenvalue weighted by Gasteiger charge is 2.33. The molecule has 0 unspecified atom stereocenters. The standard InChI is InChI=1S/C19H25N3O2/c1-19(2,3)24-18(23)22-12-14(13-22)10-20-11-16-9-8-15-6-4-5-7-17(15)21-16/h4-9,14,20H,10-13H2,1-3H3. The quantitative estimate of drug-likeness (QED) is 0.937. The van der Waals surface area contributed by atoms with E-state index in [0.717, 1.165) is 42.8 Å². The van der Waals surface area contributed by atoms with E-state index in [0.29, 0.717) is 5.92 Å². The maximum atomic E-state index is 11.9. The number of hydrogen-bond donors (Lipinski definition) is 1. The van der Waals surface area contributed by atoms with Gasteiger partial charge in [0.05, 0.1) is 11.2 Å². The predicted molar refractivity (Wildman–Crippen MR) is 94.7 cm³/mol. The molecule has 24 heavy (non-hydrogen) atoms. The lowest BCUT2D eigenvalue weighted by atomic mass is 10.0. The van der Waals surface area contributed by atoms with E-state index < -0.39 is 5.60 Å². The molecule has 128 valence electrons. The van der Waals surface area contributed by atoms with Crippen molar-refractivity contribution < 1.29 is 9.53 Å². The molecule has 1 aromatic heterocycles. The Bertz CT molecular complexity index is 718. The fourth-order valence-corrected chi connectivity index (χ4v) is 2.79. The van der Waals surface area contributed by atoms with Gasteiger partial charge in [-0.25, -0.2) is 4.79 Å². The Morgan fingerprint density at radius 2 is 2.00 bits per heavy atom. The average molecular weight is 327 g/mol. The molecule has 0 saturated carbocycles. The van der Waals surface area contributed by atoms with Crippen molar-refractivity contribution in [2.24, 2.45) is 5.92 Å². The highest BCUT2D eigenvalue weighted by atomic mass is 16.6. The number of rotatable bonds is 4. The highest BCUT2D eigenvalue weighted by Crippen LogP contribution is 2.19. The average Bonchev–Trinajstić information content (AvgIpc) is 2.47. The Morgan fingerprint density at radius 3 is 2.75 bits per heavy atom. The fraction of sp³-hybridized carbons (Fsp3) is 0.474. The van der Waals surface area contributed by atoms with E-state index in [9.17, 15) is 4.79 Å². The summed E-state index contributed by atoms with van der Waals surface area (Å²) in [7, 11) is 0. The first-order valence-electron chi connectivity index (χ1n) is 8.44. The molecule has 0 atom stereocenters. The maximum Gasteiger partial charge on any atom is 0.410 e.